The topological polar surface area (TPSA) is 31.7 Å². The number of hydrogen-bond acceptors (Lipinski definition) is 4. The summed E-state index contributed by atoms with van der Waals surface area (Å²) in [6, 6.07) is 3.31. The van der Waals surface area contributed by atoms with E-state index >= 15 is 0 Å². The van der Waals surface area contributed by atoms with Crippen LogP contribution in [-0.2, 0) is 13.1 Å². The van der Waals surface area contributed by atoms with E-state index in [4.69, 9.17) is 4.42 Å². The Morgan fingerprint density at radius 1 is 1.29 bits per heavy atom. The monoisotopic (exact) mass is 293 g/mol. The van der Waals surface area contributed by atoms with Crippen molar-refractivity contribution in [3.05, 3.63) is 23.7 Å². The lowest BCUT2D eigenvalue weighted by Gasteiger charge is -2.42. The van der Waals surface area contributed by atoms with Crippen molar-refractivity contribution < 1.29 is 4.42 Å². The minimum atomic E-state index is 0.603. The predicted molar refractivity (Wildman–Crippen MR) is 87.2 cm³/mol. The number of nitrogens with zero attached hydrogens (tertiary/aromatic N) is 2. The Kier molecular flexibility index (Phi) is 5.85. The molecule has 1 saturated heterocycles. The molecule has 4 heteroatoms. The quantitative estimate of drug-likeness (QED) is 0.873. The summed E-state index contributed by atoms with van der Waals surface area (Å²) in [5.41, 5.74) is 1.30. The highest BCUT2D eigenvalue weighted by atomic mass is 16.3. The zero-order valence-electron chi connectivity index (χ0n) is 14.2. The van der Waals surface area contributed by atoms with Gasteiger partial charge in [-0.2, -0.15) is 0 Å². The first-order valence-electron chi connectivity index (χ1n) is 8.17. The molecule has 0 saturated carbocycles. The van der Waals surface area contributed by atoms with Crippen LogP contribution in [0.3, 0.4) is 0 Å². The summed E-state index contributed by atoms with van der Waals surface area (Å²) in [6.45, 7) is 14.2. The zero-order valence-corrected chi connectivity index (χ0v) is 14.2. The third-order valence-electron chi connectivity index (χ3n) is 4.51. The first kappa shape index (κ1) is 16.5. The highest BCUT2D eigenvalue weighted by molar-refractivity contribution is 5.17. The average Bonchev–Trinajstić information content (AvgIpc) is 2.83. The fraction of sp³-hybridized carbons (Fsp3) is 0.765. The predicted octanol–water partition coefficient (Wildman–Crippen LogP) is 2.55. The summed E-state index contributed by atoms with van der Waals surface area (Å²) < 4.78 is 5.73. The second kappa shape index (κ2) is 7.43. The lowest BCUT2D eigenvalue weighted by molar-refractivity contribution is 0.0516. The lowest BCUT2D eigenvalue weighted by Crippen LogP contribution is -2.54. The van der Waals surface area contributed by atoms with Gasteiger partial charge in [0.2, 0.25) is 0 Å². The van der Waals surface area contributed by atoms with E-state index in [1.54, 1.807) is 0 Å². The van der Waals surface area contributed by atoms with Crippen LogP contribution in [0.1, 0.15) is 39.0 Å². The van der Waals surface area contributed by atoms with Crippen LogP contribution in [0.5, 0.6) is 0 Å². The van der Waals surface area contributed by atoms with Gasteiger partial charge in [-0.3, -0.25) is 9.80 Å². The van der Waals surface area contributed by atoms with Gasteiger partial charge in [-0.1, -0.05) is 13.8 Å². The molecule has 21 heavy (non-hydrogen) atoms. The molecule has 0 aliphatic carbocycles. The van der Waals surface area contributed by atoms with Crippen LogP contribution < -0.4 is 5.32 Å². The van der Waals surface area contributed by atoms with Crippen molar-refractivity contribution in [2.75, 3.05) is 26.7 Å². The van der Waals surface area contributed by atoms with E-state index in [2.05, 4.69) is 55.9 Å². The van der Waals surface area contributed by atoms with E-state index in [1.165, 1.54) is 5.56 Å². The standard InChI is InChI=1S/C17H31N3O/c1-13(2)8-18-9-16-6-7-21-17(16)12-20-10-14(3)19(5)15(4)11-20/h6-7,13-15,18H,8-12H2,1-5H3. The Hall–Kier alpha value is -0.840. The number of likely N-dealkylation sites (N-methyl/N-ethyl adjacent to an activating group) is 1. The van der Waals surface area contributed by atoms with E-state index in [-0.39, 0.29) is 0 Å². The third kappa shape index (κ3) is 4.56. The molecule has 1 aliphatic heterocycles. The molecule has 2 heterocycles. The number of nitrogens with one attached hydrogen (secondary N) is 1. The molecule has 4 nitrogen and oxygen atoms in total. The van der Waals surface area contributed by atoms with E-state index in [1.807, 2.05) is 6.26 Å². The Morgan fingerprint density at radius 2 is 1.95 bits per heavy atom. The van der Waals surface area contributed by atoms with Crippen molar-refractivity contribution in [1.82, 2.24) is 15.1 Å². The second-order valence-electron chi connectivity index (χ2n) is 6.95. The largest absolute Gasteiger partial charge is 0.468 e. The Bertz CT molecular complexity index is 417. The Balaban J connectivity index is 1.90. The minimum absolute atomic E-state index is 0.603. The van der Waals surface area contributed by atoms with E-state index in [0.29, 0.717) is 18.0 Å². The summed E-state index contributed by atoms with van der Waals surface area (Å²) in [5.74, 6) is 1.80. The van der Waals surface area contributed by atoms with Gasteiger partial charge in [-0.25, -0.2) is 0 Å². The highest BCUT2D eigenvalue weighted by Crippen LogP contribution is 2.19. The van der Waals surface area contributed by atoms with Crippen LogP contribution in [0.25, 0.3) is 0 Å². The number of rotatable bonds is 6. The van der Waals surface area contributed by atoms with Crippen molar-refractivity contribution in [2.24, 2.45) is 5.92 Å². The average molecular weight is 293 g/mol. The molecule has 1 aromatic rings. The van der Waals surface area contributed by atoms with Crippen LogP contribution in [0.2, 0.25) is 0 Å². The van der Waals surface area contributed by atoms with Gasteiger partial charge in [0.05, 0.1) is 12.8 Å². The first-order valence-corrected chi connectivity index (χ1v) is 8.17. The van der Waals surface area contributed by atoms with Gasteiger partial charge < -0.3 is 9.73 Å². The van der Waals surface area contributed by atoms with Crippen molar-refractivity contribution in [1.29, 1.82) is 0 Å². The maximum atomic E-state index is 5.73. The molecule has 0 radical (unpaired) electrons. The van der Waals surface area contributed by atoms with Gasteiger partial charge in [0, 0.05) is 37.3 Å². The van der Waals surface area contributed by atoms with E-state index in [0.717, 1.165) is 38.5 Å². The molecular weight excluding hydrogens is 262 g/mol. The van der Waals surface area contributed by atoms with E-state index in [9.17, 15) is 0 Å². The van der Waals surface area contributed by atoms with Crippen LogP contribution in [0.4, 0.5) is 0 Å². The summed E-state index contributed by atoms with van der Waals surface area (Å²) >= 11 is 0. The van der Waals surface area contributed by atoms with Crippen LogP contribution in [0.15, 0.2) is 16.7 Å². The molecule has 0 amide bonds. The molecule has 1 N–H and O–H groups in total. The SMILES string of the molecule is CC(C)CNCc1ccoc1CN1CC(C)N(C)C(C)C1. The molecule has 1 fully saturated rings. The molecule has 2 unspecified atom stereocenters. The van der Waals surface area contributed by atoms with Gasteiger partial charge in [0.25, 0.3) is 0 Å². The maximum absolute atomic E-state index is 5.73. The number of furan rings is 1. The normalized spacial score (nSPS) is 24.9. The fourth-order valence-electron chi connectivity index (χ4n) is 3.00. The first-order chi connectivity index (χ1) is 9.97. The van der Waals surface area contributed by atoms with Gasteiger partial charge in [0.15, 0.2) is 0 Å². The Morgan fingerprint density at radius 3 is 2.57 bits per heavy atom. The smallest absolute Gasteiger partial charge is 0.122 e. The number of piperazine rings is 1. The summed E-state index contributed by atoms with van der Waals surface area (Å²) in [5, 5.41) is 3.50. The third-order valence-corrected chi connectivity index (χ3v) is 4.51. The molecule has 0 aromatic carbocycles. The molecular formula is C17H31N3O. The van der Waals surface area contributed by atoms with E-state index < -0.39 is 0 Å². The fourth-order valence-corrected chi connectivity index (χ4v) is 3.00. The summed E-state index contributed by atoms with van der Waals surface area (Å²) in [6.07, 6.45) is 1.82. The Labute approximate surface area is 129 Å². The molecule has 120 valence electrons. The maximum Gasteiger partial charge on any atom is 0.122 e. The molecule has 1 aromatic heterocycles. The second-order valence-corrected chi connectivity index (χ2v) is 6.95. The van der Waals surface area contributed by atoms with Crippen LogP contribution in [0, 0.1) is 5.92 Å². The van der Waals surface area contributed by atoms with Gasteiger partial charge in [-0.05, 0) is 39.4 Å². The number of hydrogen-bond donors (Lipinski definition) is 1. The van der Waals surface area contributed by atoms with Gasteiger partial charge >= 0.3 is 0 Å². The van der Waals surface area contributed by atoms with Crippen molar-refractivity contribution in [2.45, 2.75) is 52.9 Å². The summed E-state index contributed by atoms with van der Waals surface area (Å²) in [7, 11) is 2.22. The zero-order chi connectivity index (χ0) is 15.4. The molecule has 0 spiro atoms. The highest BCUT2D eigenvalue weighted by Gasteiger charge is 2.27. The molecule has 1 aliphatic rings. The van der Waals surface area contributed by atoms with Gasteiger partial charge in [-0.15, -0.1) is 0 Å². The van der Waals surface area contributed by atoms with Gasteiger partial charge in [0.1, 0.15) is 5.76 Å². The molecule has 2 rings (SSSR count). The van der Waals surface area contributed by atoms with Crippen LogP contribution >= 0.6 is 0 Å². The van der Waals surface area contributed by atoms with Crippen LogP contribution in [-0.4, -0.2) is 48.6 Å². The molecule has 0 bridgehead atoms. The minimum Gasteiger partial charge on any atom is -0.468 e. The lowest BCUT2D eigenvalue weighted by atomic mass is 10.1. The molecule has 2 atom stereocenters. The summed E-state index contributed by atoms with van der Waals surface area (Å²) in [4.78, 5) is 4.98. The van der Waals surface area contributed by atoms with Crippen molar-refractivity contribution in [3.63, 3.8) is 0 Å². The van der Waals surface area contributed by atoms with Crippen molar-refractivity contribution >= 4 is 0 Å². The van der Waals surface area contributed by atoms with Crippen molar-refractivity contribution in [3.8, 4) is 0 Å².